The molecule has 4 aliphatic rings. The molecule has 0 aromatic heterocycles. The maximum absolute atomic E-state index is 13.4. The van der Waals surface area contributed by atoms with Crippen molar-refractivity contribution in [1.29, 1.82) is 0 Å². The highest BCUT2D eigenvalue weighted by Crippen LogP contribution is 2.73. The van der Waals surface area contributed by atoms with Gasteiger partial charge in [-0.2, -0.15) is 0 Å². The van der Waals surface area contributed by atoms with E-state index in [-0.39, 0.29) is 57.5 Å². The maximum atomic E-state index is 13.4. The summed E-state index contributed by atoms with van der Waals surface area (Å²) in [6.07, 6.45) is 2.16. The highest BCUT2D eigenvalue weighted by atomic mass is 16.5. The van der Waals surface area contributed by atoms with Gasteiger partial charge in [0.15, 0.2) is 5.78 Å². The minimum absolute atomic E-state index is 0.00198. The lowest BCUT2D eigenvalue weighted by atomic mass is 9.45. The van der Waals surface area contributed by atoms with Crippen LogP contribution in [0.15, 0.2) is 18.2 Å². The van der Waals surface area contributed by atoms with E-state index >= 15 is 0 Å². The first kappa shape index (κ1) is 19.8. The summed E-state index contributed by atoms with van der Waals surface area (Å²) in [5, 5.41) is 31.4. The Bertz CT molecular complexity index is 1200. The van der Waals surface area contributed by atoms with Gasteiger partial charge in [-0.3, -0.25) is 4.79 Å². The van der Waals surface area contributed by atoms with E-state index in [2.05, 4.69) is 20.8 Å². The van der Waals surface area contributed by atoms with E-state index in [0.29, 0.717) is 29.1 Å². The number of ketones is 1. The van der Waals surface area contributed by atoms with Crippen LogP contribution in [-0.4, -0.2) is 33.3 Å². The van der Waals surface area contributed by atoms with Crippen LogP contribution in [0.25, 0.3) is 0 Å². The fourth-order valence-electron chi connectivity index (χ4n) is 7.12. The number of phenolic OH excluding ortho intramolecular Hbond substituents is 3. The summed E-state index contributed by atoms with van der Waals surface area (Å²) in [6.45, 7) is 8.38. The van der Waals surface area contributed by atoms with Crippen molar-refractivity contribution in [2.75, 3.05) is 6.61 Å². The lowest BCUT2D eigenvalue weighted by Gasteiger charge is -2.62. The van der Waals surface area contributed by atoms with Crippen molar-refractivity contribution in [3.05, 3.63) is 40.5 Å². The Kier molecular flexibility index (Phi) is 3.65. The van der Waals surface area contributed by atoms with Crippen LogP contribution in [-0.2, 0) is 0 Å². The molecule has 2 aliphatic heterocycles. The van der Waals surface area contributed by atoms with Crippen LogP contribution in [0.5, 0.6) is 28.7 Å². The van der Waals surface area contributed by atoms with Crippen LogP contribution in [0.3, 0.4) is 0 Å². The van der Waals surface area contributed by atoms with Crippen LogP contribution in [0.4, 0.5) is 0 Å². The summed E-state index contributed by atoms with van der Waals surface area (Å²) in [6, 6.07) is 4.93. The third kappa shape index (κ3) is 2.23. The highest BCUT2D eigenvalue weighted by molar-refractivity contribution is 6.07. The van der Waals surface area contributed by atoms with E-state index in [1.54, 1.807) is 13.0 Å². The summed E-state index contributed by atoms with van der Waals surface area (Å²) in [7, 11) is 0. The van der Waals surface area contributed by atoms with Crippen LogP contribution in [0, 0.1) is 24.2 Å². The predicted molar refractivity (Wildman–Crippen MR) is 117 cm³/mol. The molecule has 32 heavy (non-hydrogen) atoms. The number of phenols is 3. The Hall–Kier alpha value is -2.89. The molecule has 0 amide bonds. The van der Waals surface area contributed by atoms with Gasteiger partial charge in [0.1, 0.15) is 46.5 Å². The zero-order valence-corrected chi connectivity index (χ0v) is 18.7. The molecule has 5 unspecified atom stereocenters. The van der Waals surface area contributed by atoms with Crippen molar-refractivity contribution >= 4 is 5.78 Å². The minimum atomic E-state index is -0.751. The zero-order valence-electron chi connectivity index (χ0n) is 18.7. The first-order valence-electron chi connectivity index (χ1n) is 11.3. The van der Waals surface area contributed by atoms with Gasteiger partial charge in [-0.05, 0) is 55.6 Å². The summed E-state index contributed by atoms with van der Waals surface area (Å²) in [5.41, 5.74) is 1.74. The van der Waals surface area contributed by atoms with Crippen molar-refractivity contribution in [1.82, 2.24) is 0 Å². The molecule has 0 radical (unpaired) electrons. The summed E-state index contributed by atoms with van der Waals surface area (Å²) in [4.78, 5) is 13.4. The zero-order chi connectivity index (χ0) is 22.7. The van der Waals surface area contributed by atoms with Crippen molar-refractivity contribution in [3.63, 3.8) is 0 Å². The first-order chi connectivity index (χ1) is 15.0. The monoisotopic (exact) mass is 436 g/mol. The molecule has 2 aromatic carbocycles. The van der Waals surface area contributed by atoms with E-state index in [1.807, 2.05) is 6.07 Å². The summed E-state index contributed by atoms with van der Waals surface area (Å²) < 4.78 is 12.2. The normalized spacial score (nSPS) is 33.3. The van der Waals surface area contributed by atoms with Gasteiger partial charge < -0.3 is 24.8 Å². The number of aromatic hydroxyl groups is 3. The van der Waals surface area contributed by atoms with Crippen LogP contribution in [0.1, 0.15) is 72.5 Å². The topological polar surface area (TPSA) is 96.2 Å². The molecule has 0 saturated heterocycles. The molecule has 6 nitrogen and oxygen atoms in total. The van der Waals surface area contributed by atoms with E-state index in [4.69, 9.17) is 9.47 Å². The number of fused-ring (bicyclic) bond motifs is 3. The summed E-state index contributed by atoms with van der Waals surface area (Å²) in [5.74, 6) is 0.754. The molecule has 6 rings (SSSR count). The molecule has 2 aromatic rings. The van der Waals surface area contributed by atoms with E-state index in [9.17, 15) is 20.1 Å². The summed E-state index contributed by atoms with van der Waals surface area (Å²) >= 11 is 0. The van der Waals surface area contributed by atoms with Crippen LogP contribution in [0.2, 0.25) is 0 Å². The number of Topliss-reactive ketones (excluding diaryl/α,β-unsaturated/α-hetero) is 1. The number of ether oxygens (including phenoxy) is 2. The van der Waals surface area contributed by atoms with Crippen LogP contribution < -0.4 is 9.47 Å². The average Bonchev–Trinajstić information content (AvgIpc) is 3.06. The minimum Gasteiger partial charge on any atom is -0.508 e. The average molecular weight is 437 g/mol. The van der Waals surface area contributed by atoms with Gasteiger partial charge in [0.05, 0.1) is 5.92 Å². The predicted octanol–water partition coefficient (Wildman–Crippen LogP) is 4.77. The molecular formula is C26H28O6. The van der Waals surface area contributed by atoms with Crippen molar-refractivity contribution in [3.8, 4) is 28.7 Å². The smallest absolute Gasteiger partial charge is 0.181 e. The number of benzene rings is 2. The van der Waals surface area contributed by atoms with Gasteiger partial charge in [-0.15, -0.1) is 0 Å². The molecule has 2 saturated carbocycles. The van der Waals surface area contributed by atoms with Crippen molar-refractivity contribution in [2.45, 2.75) is 58.0 Å². The quantitative estimate of drug-likeness (QED) is 0.596. The molecular weight excluding hydrogens is 408 g/mol. The second kappa shape index (κ2) is 5.91. The molecule has 0 spiro atoms. The standard InChI is InChI=1S/C26H28O6/c1-11-16(27)8-19-20(23(11)29)24(30)14(10-31-19)12-7-13-18(9-17(12)28)32-26(4)6-5-15-22(26)21(13)25(15,2)3/h7-9,14-15,21-22,27-29H,5-6,10H2,1-4H3. The highest BCUT2D eigenvalue weighted by Gasteiger charge is 2.69. The van der Waals surface area contributed by atoms with Gasteiger partial charge in [-0.1, -0.05) is 13.8 Å². The number of rotatable bonds is 1. The van der Waals surface area contributed by atoms with Crippen molar-refractivity contribution < 1.29 is 29.6 Å². The second-order valence-electron chi connectivity index (χ2n) is 10.8. The molecule has 2 heterocycles. The number of hydrogen-bond acceptors (Lipinski definition) is 6. The van der Waals surface area contributed by atoms with E-state index in [0.717, 1.165) is 18.4 Å². The van der Waals surface area contributed by atoms with Crippen molar-refractivity contribution in [2.24, 2.45) is 17.3 Å². The van der Waals surface area contributed by atoms with Crippen LogP contribution >= 0.6 is 0 Å². The Balaban J connectivity index is 1.45. The maximum Gasteiger partial charge on any atom is 0.181 e. The SMILES string of the molecule is Cc1c(O)cc2c(c1O)C(=O)C(c1cc3c(cc1O)OC1(C)CCC4C1C3C4(C)C)CO2. The van der Waals surface area contributed by atoms with E-state index in [1.165, 1.54) is 6.07 Å². The molecule has 168 valence electrons. The fourth-order valence-corrected chi connectivity index (χ4v) is 7.12. The molecule has 5 atom stereocenters. The molecule has 0 bridgehead atoms. The van der Waals surface area contributed by atoms with Gasteiger partial charge in [-0.25, -0.2) is 0 Å². The Labute approximate surface area is 186 Å². The third-order valence-corrected chi connectivity index (χ3v) is 8.88. The van der Waals surface area contributed by atoms with E-state index < -0.39 is 5.92 Å². The van der Waals surface area contributed by atoms with Gasteiger partial charge in [0, 0.05) is 29.2 Å². The molecule has 6 heteroatoms. The first-order valence-corrected chi connectivity index (χ1v) is 11.3. The Morgan fingerprint density at radius 3 is 2.47 bits per heavy atom. The van der Waals surface area contributed by atoms with Gasteiger partial charge in [0.2, 0.25) is 0 Å². The largest absolute Gasteiger partial charge is 0.508 e. The molecule has 2 fully saturated rings. The molecule has 2 aliphatic carbocycles. The second-order valence-corrected chi connectivity index (χ2v) is 10.8. The Morgan fingerprint density at radius 1 is 1.00 bits per heavy atom. The lowest BCUT2D eigenvalue weighted by molar-refractivity contribution is -0.120. The van der Waals surface area contributed by atoms with Gasteiger partial charge >= 0.3 is 0 Å². The van der Waals surface area contributed by atoms with Gasteiger partial charge in [0.25, 0.3) is 0 Å². The number of carbonyl (C=O) groups is 1. The fraction of sp³-hybridized carbons (Fsp3) is 0.500. The Morgan fingerprint density at radius 2 is 1.72 bits per heavy atom. The number of carbonyl (C=O) groups excluding carboxylic acids is 1. The molecule has 3 N–H and O–H groups in total. The lowest BCUT2D eigenvalue weighted by Crippen LogP contribution is -2.59. The third-order valence-electron chi connectivity index (χ3n) is 8.88. The number of hydrogen-bond donors (Lipinski definition) is 3.